The number of hydrogen-bond acceptors (Lipinski definition) is 1. The highest BCUT2D eigenvalue weighted by atomic mass is 14.7. The molecule has 1 heteroatoms. The summed E-state index contributed by atoms with van der Waals surface area (Å²) >= 11 is 0. The highest BCUT2D eigenvalue weighted by molar-refractivity contribution is 5.13. The zero-order valence-electron chi connectivity index (χ0n) is 10.5. The van der Waals surface area contributed by atoms with Gasteiger partial charge in [-0.1, -0.05) is 44.8 Å². The van der Waals surface area contributed by atoms with Gasteiger partial charge in [-0.3, -0.25) is 0 Å². The maximum Gasteiger partial charge on any atom is 0.0282 e. The fraction of sp³-hybridized carbons (Fsp3) is 0.857. The Morgan fingerprint density at radius 3 is 2.67 bits per heavy atom. The predicted octanol–water partition coefficient (Wildman–Crippen LogP) is 4.03. The fourth-order valence-electron chi connectivity index (χ4n) is 2.57. The van der Waals surface area contributed by atoms with Gasteiger partial charge in [0.25, 0.3) is 0 Å². The highest BCUT2D eigenvalue weighted by Crippen LogP contribution is 2.26. The van der Waals surface area contributed by atoms with Crippen LogP contribution in [0.2, 0.25) is 0 Å². The molecule has 88 valence electrons. The molecule has 15 heavy (non-hydrogen) atoms. The third-order valence-corrected chi connectivity index (χ3v) is 3.71. The van der Waals surface area contributed by atoms with Crippen molar-refractivity contribution < 1.29 is 0 Å². The molecule has 2 unspecified atom stereocenters. The van der Waals surface area contributed by atoms with Crippen molar-refractivity contribution in [3.63, 3.8) is 0 Å². The van der Waals surface area contributed by atoms with E-state index < -0.39 is 0 Å². The van der Waals surface area contributed by atoms with Crippen molar-refractivity contribution >= 4 is 0 Å². The lowest BCUT2D eigenvalue weighted by molar-refractivity contribution is 0.390. The SMILES string of the molecule is CCCCC(CC)C(N)C1=CCCCC1. The van der Waals surface area contributed by atoms with Crippen molar-refractivity contribution in [1.29, 1.82) is 0 Å². The van der Waals surface area contributed by atoms with Gasteiger partial charge in [-0.15, -0.1) is 0 Å². The second-order valence-electron chi connectivity index (χ2n) is 4.86. The molecule has 0 aromatic heterocycles. The molecule has 0 spiro atoms. The topological polar surface area (TPSA) is 26.0 Å². The van der Waals surface area contributed by atoms with Crippen molar-refractivity contribution in [2.45, 2.75) is 71.3 Å². The quantitative estimate of drug-likeness (QED) is 0.657. The van der Waals surface area contributed by atoms with Gasteiger partial charge in [-0.2, -0.15) is 0 Å². The Morgan fingerprint density at radius 1 is 1.33 bits per heavy atom. The normalized spacial score (nSPS) is 20.9. The molecule has 1 aliphatic carbocycles. The Kier molecular flexibility index (Phi) is 6.00. The summed E-state index contributed by atoms with van der Waals surface area (Å²) in [4.78, 5) is 0. The first-order chi connectivity index (χ1) is 7.29. The Morgan fingerprint density at radius 2 is 2.13 bits per heavy atom. The van der Waals surface area contributed by atoms with Gasteiger partial charge in [0.15, 0.2) is 0 Å². The molecule has 1 aliphatic rings. The first-order valence-corrected chi connectivity index (χ1v) is 6.74. The Bertz CT molecular complexity index is 196. The van der Waals surface area contributed by atoms with E-state index in [1.165, 1.54) is 51.4 Å². The minimum Gasteiger partial charge on any atom is -0.324 e. The molecule has 0 aromatic rings. The molecule has 0 amide bonds. The van der Waals surface area contributed by atoms with Crippen LogP contribution in [0.1, 0.15) is 65.2 Å². The van der Waals surface area contributed by atoms with Crippen LogP contribution in [-0.2, 0) is 0 Å². The van der Waals surface area contributed by atoms with E-state index in [-0.39, 0.29) is 0 Å². The van der Waals surface area contributed by atoms with Crippen molar-refractivity contribution in [2.75, 3.05) is 0 Å². The molecule has 0 bridgehead atoms. The molecular formula is C14H27N. The van der Waals surface area contributed by atoms with Gasteiger partial charge in [0, 0.05) is 6.04 Å². The Balaban J connectivity index is 2.47. The number of nitrogens with two attached hydrogens (primary N) is 1. The van der Waals surface area contributed by atoms with E-state index in [0.29, 0.717) is 12.0 Å². The van der Waals surface area contributed by atoms with Crippen LogP contribution >= 0.6 is 0 Å². The molecule has 0 aromatic carbocycles. The maximum atomic E-state index is 6.38. The first-order valence-electron chi connectivity index (χ1n) is 6.74. The van der Waals surface area contributed by atoms with Gasteiger partial charge in [0.05, 0.1) is 0 Å². The van der Waals surface area contributed by atoms with E-state index in [2.05, 4.69) is 19.9 Å². The van der Waals surface area contributed by atoms with Gasteiger partial charge in [-0.05, 0) is 38.0 Å². The summed E-state index contributed by atoms with van der Waals surface area (Å²) < 4.78 is 0. The Hall–Kier alpha value is -0.300. The van der Waals surface area contributed by atoms with Crippen molar-refractivity contribution in [3.05, 3.63) is 11.6 Å². The summed E-state index contributed by atoms with van der Waals surface area (Å²) in [6, 6.07) is 0.349. The van der Waals surface area contributed by atoms with Gasteiger partial charge < -0.3 is 5.73 Å². The molecule has 0 saturated carbocycles. The van der Waals surface area contributed by atoms with Crippen LogP contribution in [0.4, 0.5) is 0 Å². The minimum atomic E-state index is 0.349. The van der Waals surface area contributed by atoms with Crippen LogP contribution in [0.3, 0.4) is 0 Å². The summed E-state index contributed by atoms with van der Waals surface area (Å²) in [7, 11) is 0. The molecule has 0 fully saturated rings. The van der Waals surface area contributed by atoms with E-state index >= 15 is 0 Å². The van der Waals surface area contributed by atoms with Crippen molar-refractivity contribution in [1.82, 2.24) is 0 Å². The average Bonchev–Trinajstić information content (AvgIpc) is 2.31. The fourth-order valence-corrected chi connectivity index (χ4v) is 2.57. The first kappa shape index (κ1) is 12.8. The molecule has 0 heterocycles. The van der Waals surface area contributed by atoms with Gasteiger partial charge in [-0.25, -0.2) is 0 Å². The van der Waals surface area contributed by atoms with Gasteiger partial charge in [0.2, 0.25) is 0 Å². The third-order valence-electron chi connectivity index (χ3n) is 3.71. The molecule has 0 radical (unpaired) electrons. The lowest BCUT2D eigenvalue weighted by atomic mass is 9.83. The average molecular weight is 209 g/mol. The second-order valence-corrected chi connectivity index (χ2v) is 4.86. The molecule has 1 rings (SSSR count). The smallest absolute Gasteiger partial charge is 0.0282 e. The van der Waals surface area contributed by atoms with Crippen molar-refractivity contribution in [3.8, 4) is 0 Å². The zero-order valence-corrected chi connectivity index (χ0v) is 10.5. The van der Waals surface area contributed by atoms with E-state index in [0.717, 1.165) is 0 Å². The number of rotatable bonds is 6. The third kappa shape index (κ3) is 3.98. The lowest BCUT2D eigenvalue weighted by Crippen LogP contribution is -2.32. The summed E-state index contributed by atoms with van der Waals surface area (Å²) in [5.74, 6) is 0.717. The Labute approximate surface area is 95.1 Å². The molecule has 0 aliphatic heterocycles. The van der Waals surface area contributed by atoms with E-state index in [9.17, 15) is 0 Å². The van der Waals surface area contributed by atoms with Crippen LogP contribution in [0.5, 0.6) is 0 Å². The van der Waals surface area contributed by atoms with Gasteiger partial charge >= 0.3 is 0 Å². The zero-order chi connectivity index (χ0) is 11.1. The predicted molar refractivity (Wildman–Crippen MR) is 67.8 cm³/mol. The summed E-state index contributed by atoms with van der Waals surface area (Å²) in [6.45, 7) is 4.54. The van der Waals surface area contributed by atoms with E-state index in [4.69, 9.17) is 5.73 Å². The van der Waals surface area contributed by atoms with Crippen molar-refractivity contribution in [2.24, 2.45) is 11.7 Å². The number of unbranched alkanes of at least 4 members (excludes halogenated alkanes) is 1. The van der Waals surface area contributed by atoms with Crippen LogP contribution in [0.15, 0.2) is 11.6 Å². The maximum absolute atomic E-state index is 6.38. The summed E-state index contributed by atoms with van der Waals surface area (Å²) in [5.41, 5.74) is 7.92. The van der Waals surface area contributed by atoms with E-state index in [1.54, 1.807) is 5.57 Å². The van der Waals surface area contributed by atoms with E-state index in [1.807, 2.05) is 0 Å². The largest absolute Gasteiger partial charge is 0.324 e. The second kappa shape index (κ2) is 7.05. The van der Waals surface area contributed by atoms with Gasteiger partial charge in [0.1, 0.15) is 0 Å². The number of hydrogen-bond donors (Lipinski definition) is 1. The molecule has 2 N–H and O–H groups in total. The lowest BCUT2D eigenvalue weighted by Gasteiger charge is -2.27. The summed E-state index contributed by atoms with van der Waals surface area (Å²) in [5, 5.41) is 0. The summed E-state index contributed by atoms with van der Waals surface area (Å²) in [6.07, 6.45) is 12.8. The minimum absolute atomic E-state index is 0.349. The monoisotopic (exact) mass is 209 g/mol. The molecule has 0 saturated heterocycles. The molecular weight excluding hydrogens is 182 g/mol. The highest BCUT2D eigenvalue weighted by Gasteiger charge is 2.20. The molecule has 2 atom stereocenters. The van der Waals surface area contributed by atoms with Crippen LogP contribution in [0.25, 0.3) is 0 Å². The standard InChI is InChI=1S/C14H27N/c1-3-5-9-12(4-2)14(15)13-10-7-6-8-11-13/h10,12,14H,3-9,11,15H2,1-2H3. The number of allylic oxidation sites excluding steroid dienone is 1. The van der Waals surface area contributed by atoms with Crippen LogP contribution in [-0.4, -0.2) is 6.04 Å². The molecule has 1 nitrogen and oxygen atoms in total. The van der Waals surface area contributed by atoms with Crippen LogP contribution in [0, 0.1) is 5.92 Å². The van der Waals surface area contributed by atoms with Crippen LogP contribution < -0.4 is 5.73 Å².